The van der Waals surface area contributed by atoms with Crippen molar-refractivity contribution in [3.8, 4) is 11.3 Å². The van der Waals surface area contributed by atoms with E-state index < -0.39 is 5.91 Å². The van der Waals surface area contributed by atoms with Gasteiger partial charge in [-0.1, -0.05) is 23.7 Å². The first-order valence-electron chi connectivity index (χ1n) is 5.72. The molecule has 2 heterocycles. The highest BCUT2D eigenvalue weighted by Crippen LogP contribution is 2.29. The molecule has 20 heavy (non-hydrogen) atoms. The van der Waals surface area contributed by atoms with E-state index in [9.17, 15) is 9.59 Å². The van der Waals surface area contributed by atoms with Crippen molar-refractivity contribution >= 4 is 40.6 Å². The number of nitrogens with one attached hydrogen (secondary N) is 1. The Morgan fingerprint density at radius 3 is 2.75 bits per heavy atom. The lowest BCUT2D eigenvalue weighted by Gasteiger charge is -1.97. The summed E-state index contributed by atoms with van der Waals surface area (Å²) in [6, 6.07) is 10.8. The number of furan rings is 1. The molecule has 0 radical (unpaired) electrons. The van der Waals surface area contributed by atoms with Crippen molar-refractivity contribution < 1.29 is 14.0 Å². The number of imide groups is 1. The zero-order chi connectivity index (χ0) is 14.1. The topological polar surface area (TPSA) is 59.3 Å². The van der Waals surface area contributed by atoms with E-state index in [1.165, 1.54) is 0 Å². The largest absolute Gasteiger partial charge is 0.457 e. The first kappa shape index (κ1) is 13.0. The third-order valence-electron chi connectivity index (χ3n) is 2.65. The Labute approximate surface area is 123 Å². The Kier molecular flexibility index (Phi) is 3.38. The molecule has 0 unspecified atom stereocenters. The van der Waals surface area contributed by atoms with Gasteiger partial charge >= 0.3 is 0 Å². The maximum atomic E-state index is 11.4. The lowest BCUT2D eigenvalue weighted by molar-refractivity contribution is -0.115. The highest BCUT2D eigenvalue weighted by Gasteiger charge is 2.25. The van der Waals surface area contributed by atoms with Crippen LogP contribution in [0.4, 0.5) is 4.79 Å². The van der Waals surface area contributed by atoms with Gasteiger partial charge in [-0.15, -0.1) is 0 Å². The molecule has 1 fully saturated rings. The molecule has 1 aliphatic rings. The summed E-state index contributed by atoms with van der Waals surface area (Å²) >= 11 is 6.78. The minimum Gasteiger partial charge on any atom is -0.457 e. The predicted octanol–water partition coefficient (Wildman–Crippen LogP) is 3.92. The van der Waals surface area contributed by atoms with E-state index in [0.717, 1.165) is 17.3 Å². The van der Waals surface area contributed by atoms with E-state index in [1.54, 1.807) is 30.3 Å². The number of carbonyl (C=O) groups excluding carboxylic acids is 2. The van der Waals surface area contributed by atoms with Crippen molar-refractivity contribution in [2.24, 2.45) is 0 Å². The summed E-state index contributed by atoms with van der Waals surface area (Å²) in [5, 5.41) is 2.44. The Morgan fingerprint density at radius 1 is 1.20 bits per heavy atom. The van der Waals surface area contributed by atoms with Gasteiger partial charge in [0.05, 0.1) is 4.91 Å². The van der Waals surface area contributed by atoms with Gasteiger partial charge in [-0.3, -0.25) is 14.9 Å². The van der Waals surface area contributed by atoms with E-state index in [1.807, 2.05) is 12.1 Å². The van der Waals surface area contributed by atoms with E-state index in [4.69, 9.17) is 16.0 Å². The summed E-state index contributed by atoms with van der Waals surface area (Å²) in [5.41, 5.74) is 0.849. The second-order valence-corrected chi connectivity index (χ2v) is 5.52. The summed E-state index contributed by atoms with van der Waals surface area (Å²) in [6.45, 7) is 0. The third-order valence-corrected chi connectivity index (χ3v) is 3.70. The molecular formula is C14H8ClNO3S. The van der Waals surface area contributed by atoms with Crippen molar-refractivity contribution in [3.05, 3.63) is 52.1 Å². The van der Waals surface area contributed by atoms with Gasteiger partial charge in [-0.05, 0) is 36.0 Å². The minimum absolute atomic E-state index is 0.321. The van der Waals surface area contributed by atoms with Gasteiger partial charge < -0.3 is 4.42 Å². The molecule has 3 rings (SSSR count). The SMILES string of the molecule is O=C1NC(=O)/C(=C\c2ccc(-c3cccc(Cl)c3)o2)S1. The first-order valence-corrected chi connectivity index (χ1v) is 6.92. The summed E-state index contributed by atoms with van der Waals surface area (Å²) in [7, 11) is 0. The van der Waals surface area contributed by atoms with Gasteiger partial charge in [0.2, 0.25) is 0 Å². The molecule has 6 heteroatoms. The molecule has 0 atom stereocenters. The number of benzene rings is 1. The van der Waals surface area contributed by atoms with Crippen LogP contribution in [0.1, 0.15) is 5.76 Å². The molecule has 1 aromatic heterocycles. The van der Waals surface area contributed by atoms with Crippen LogP contribution >= 0.6 is 23.4 Å². The maximum absolute atomic E-state index is 11.4. The second-order valence-electron chi connectivity index (χ2n) is 4.06. The molecule has 0 saturated carbocycles. The monoisotopic (exact) mass is 305 g/mol. The summed E-state index contributed by atoms with van der Waals surface area (Å²) in [6.07, 6.45) is 1.54. The molecule has 2 aromatic rings. The van der Waals surface area contributed by atoms with Crippen molar-refractivity contribution in [2.75, 3.05) is 0 Å². The lowest BCUT2D eigenvalue weighted by atomic mass is 10.2. The predicted molar refractivity (Wildman–Crippen MR) is 78.3 cm³/mol. The number of hydrogen-bond acceptors (Lipinski definition) is 4. The Balaban J connectivity index is 1.89. The van der Waals surface area contributed by atoms with Gasteiger partial charge in [0.25, 0.3) is 11.1 Å². The molecule has 0 spiro atoms. The quantitative estimate of drug-likeness (QED) is 0.854. The lowest BCUT2D eigenvalue weighted by Crippen LogP contribution is -2.17. The van der Waals surface area contributed by atoms with Gasteiger partial charge in [-0.2, -0.15) is 0 Å². The molecule has 1 aliphatic heterocycles. The average molecular weight is 306 g/mol. The van der Waals surface area contributed by atoms with Crippen LogP contribution in [0.5, 0.6) is 0 Å². The number of hydrogen-bond donors (Lipinski definition) is 1. The fourth-order valence-electron chi connectivity index (χ4n) is 1.78. The number of halogens is 1. The smallest absolute Gasteiger partial charge is 0.290 e. The van der Waals surface area contributed by atoms with Gasteiger partial charge in [0.15, 0.2) is 0 Å². The summed E-state index contributed by atoms with van der Waals surface area (Å²) in [4.78, 5) is 22.8. The third kappa shape index (κ3) is 2.64. The molecule has 0 bridgehead atoms. The van der Waals surface area contributed by atoms with Crippen LogP contribution in [0.2, 0.25) is 5.02 Å². The van der Waals surface area contributed by atoms with Crippen LogP contribution in [0.25, 0.3) is 17.4 Å². The van der Waals surface area contributed by atoms with E-state index >= 15 is 0 Å². The normalized spacial score (nSPS) is 16.8. The molecule has 0 aliphatic carbocycles. The second kappa shape index (κ2) is 5.19. The Hall–Kier alpha value is -1.98. The zero-order valence-electron chi connectivity index (χ0n) is 10.1. The van der Waals surface area contributed by atoms with Gasteiger partial charge in [0, 0.05) is 16.7 Å². The highest BCUT2D eigenvalue weighted by atomic mass is 35.5. The van der Waals surface area contributed by atoms with Gasteiger partial charge in [-0.25, -0.2) is 0 Å². The fourth-order valence-corrected chi connectivity index (χ4v) is 2.63. The zero-order valence-corrected chi connectivity index (χ0v) is 11.6. The van der Waals surface area contributed by atoms with Crippen LogP contribution < -0.4 is 5.32 Å². The van der Waals surface area contributed by atoms with Crippen LogP contribution in [0.15, 0.2) is 45.7 Å². The molecular weight excluding hydrogens is 298 g/mol. The number of carbonyl (C=O) groups is 2. The molecule has 1 saturated heterocycles. The minimum atomic E-state index is -0.402. The highest BCUT2D eigenvalue weighted by molar-refractivity contribution is 8.18. The molecule has 1 N–H and O–H groups in total. The fraction of sp³-hybridized carbons (Fsp3) is 0. The summed E-state index contributed by atoms with van der Waals surface area (Å²) in [5.74, 6) is 0.752. The first-order chi connectivity index (χ1) is 9.61. The molecule has 2 amide bonds. The van der Waals surface area contributed by atoms with E-state index in [-0.39, 0.29) is 5.24 Å². The van der Waals surface area contributed by atoms with Crippen LogP contribution in [0, 0.1) is 0 Å². The number of rotatable bonds is 2. The summed E-state index contributed by atoms with van der Waals surface area (Å²) < 4.78 is 5.63. The van der Waals surface area contributed by atoms with Crippen molar-refractivity contribution in [1.29, 1.82) is 0 Å². The van der Waals surface area contributed by atoms with Crippen molar-refractivity contribution in [3.63, 3.8) is 0 Å². The van der Waals surface area contributed by atoms with Gasteiger partial charge in [0.1, 0.15) is 11.5 Å². The van der Waals surface area contributed by atoms with Crippen molar-refractivity contribution in [2.45, 2.75) is 0 Å². The maximum Gasteiger partial charge on any atom is 0.290 e. The Morgan fingerprint density at radius 2 is 2.05 bits per heavy atom. The Bertz CT molecular complexity index is 736. The van der Waals surface area contributed by atoms with Crippen LogP contribution in [-0.2, 0) is 4.79 Å². The van der Waals surface area contributed by atoms with E-state index in [0.29, 0.717) is 21.4 Å². The average Bonchev–Trinajstić information content (AvgIpc) is 2.97. The van der Waals surface area contributed by atoms with E-state index in [2.05, 4.69) is 5.32 Å². The standard InChI is InChI=1S/C14H8ClNO3S/c15-9-3-1-2-8(6-9)11-5-4-10(19-11)7-12-13(17)16-14(18)20-12/h1-7H,(H,16,17,18)/b12-7+. The van der Waals surface area contributed by atoms with Crippen LogP contribution in [-0.4, -0.2) is 11.1 Å². The van der Waals surface area contributed by atoms with Crippen LogP contribution in [0.3, 0.4) is 0 Å². The molecule has 1 aromatic carbocycles. The van der Waals surface area contributed by atoms with Crippen molar-refractivity contribution in [1.82, 2.24) is 5.32 Å². The number of thioether (sulfide) groups is 1. The number of amides is 2. The molecule has 4 nitrogen and oxygen atoms in total. The molecule has 100 valence electrons.